The van der Waals surface area contributed by atoms with E-state index in [1.807, 2.05) is 7.05 Å². The SMILES string of the molecule is CN1CCC(N(C)C(=O)NC(C)(C(=O)O)C(F)(F)F)CC1. The van der Waals surface area contributed by atoms with Crippen molar-refractivity contribution in [2.45, 2.75) is 37.5 Å². The summed E-state index contributed by atoms with van der Waals surface area (Å²) in [5.74, 6) is -2.14. The normalized spacial score (nSPS) is 20.7. The van der Waals surface area contributed by atoms with Gasteiger partial charge in [0.2, 0.25) is 5.54 Å². The van der Waals surface area contributed by atoms with Crippen LogP contribution in [0.15, 0.2) is 0 Å². The van der Waals surface area contributed by atoms with Gasteiger partial charge in [0.1, 0.15) is 0 Å². The zero-order chi connectivity index (χ0) is 16.4. The van der Waals surface area contributed by atoms with Crippen molar-refractivity contribution in [1.29, 1.82) is 0 Å². The monoisotopic (exact) mass is 311 g/mol. The number of piperidine rings is 1. The van der Waals surface area contributed by atoms with E-state index in [0.717, 1.165) is 18.0 Å². The molecule has 122 valence electrons. The van der Waals surface area contributed by atoms with Crippen LogP contribution in [0.5, 0.6) is 0 Å². The predicted octanol–water partition coefficient (Wildman–Crippen LogP) is 1.13. The maximum Gasteiger partial charge on any atom is 0.422 e. The van der Waals surface area contributed by atoms with E-state index in [0.29, 0.717) is 19.8 Å². The van der Waals surface area contributed by atoms with Gasteiger partial charge in [0.25, 0.3) is 0 Å². The number of carboxylic acids is 1. The van der Waals surface area contributed by atoms with Crippen LogP contribution in [0, 0.1) is 0 Å². The van der Waals surface area contributed by atoms with Crippen LogP contribution in [-0.4, -0.2) is 71.8 Å². The van der Waals surface area contributed by atoms with Crippen molar-refractivity contribution in [3.8, 4) is 0 Å². The average molecular weight is 311 g/mol. The first-order valence-corrected chi connectivity index (χ1v) is 6.52. The molecule has 0 spiro atoms. The lowest BCUT2D eigenvalue weighted by Gasteiger charge is -2.37. The lowest BCUT2D eigenvalue weighted by atomic mass is 10.0. The fraction of sp³-hybridized carbons (Fsp3) is 0.833. The summed E-state index contributed by atoms with van der Waals surface area (Å²) in [7, 11) is 3.30. The van der Waals surface area contributed by atoms with Gasteiger partial charge in [-0.1, -0.05) is 0 Å². The van der Waals surface area contributed by atoms with Crippen molar-refractivity contribution in [2.75, 3.05) is 27.2 Å². The minimum Gasteiger partial charge on any atom is -0.479 e. The number of carbonyl (C=O) groups is 2. The Labute approximate surface area is 120 Å². The third-order valence-corrected chi connectivity index (χ3v) is 3.91. The summed E-state index contributed by atoms with van der Waals surface area (Å²) in [5, 5.41) is 10.4. The summed E-state index contributed by atoms with van der Waals surface area (Å²) >= 11 is 0. The van der Waals surface area contributed by atoms with Crippen LogP contribution >= 0.6 is 0 Å². The van der Waals surface area contributed by atoms with E-state index in [1.54, 1.807) is 5.32 Å². The van der Waals surface area contributed by atoms with Crippen molar-refractivity contribution in [2.24, 2.45) is 0 Å². The number of aliphatic carboxylic acids is 1. The van der Waals surface area contributed by atoms with Crippen molar-refractivity contribution in [3.05, 3.63) is 0 Å². The zero-order valence-corrected chi connectivity index (χ0v) is 12.2. The second-order valence-corrected chi connectivity index (χ2v) is 5.50. The first-order valence-electron chi connectivity index (χ1n) is 6.52. The molecule has 0 bridgehead atoms. The van der Waals surface area contributed by atoms with Crippen LogP contribution < -0.4 is 5.32 Å². The Morgan fingerprint density at radius 2 is 1.76 bits per heavy atom. The molecule has 21 heavy (non-hydrogen) atoms. The van der Waals surface area contributed by atoms with E-state index >= 15 is 0 Å². The molecule has 0 aliphatic carbocycles. The number of nitrogens with zero attached hydrogens (tertiary/aromatic N) is 2. The first-order chi connectivity index (χ1) is 9.49. The summed E-state index contributed by atoms with van der Waals surface area (Å²) in [6, 6.07) is -1.24. The number of hydrogen-bond donors (Lipinski definition) is 2. The van der Waals surface area contributed by atoms with Crippen LogP contribution in [-0.2, 0) is 4.79 Å². The van der Waals surface area contributed by atoms with Crippen molar-refractivity contribution in [1.82, 2.24) is 15.1 Å². The second kappa shape index (κ2) is 6.08. The number of alkyl halides is 3. The lowest BCUT2D eigenvalue weighted by molar-refractivity contribution is -0.203. The minimum absolute atomic E-state index is 0.201. The minimum atomic E-state index is -5.08. The third-order valence-electron chi connectivity index (χ3n) is 3.91. The summed E-state index contributed by atoms with van der Waals surface area (Å²) in [6.07, 6.45) is -3.81. The number of likely N-dealkylation sites (tertiary alicyclic amines) is 1. The van der Waals surface area contributed by atoms with Gasteiger partial charge in [-0.05, 0) is 39.9 Å². The number of halogens is 3. The largest absolute Gasteiger partial charge is 0.479 e. The lowest BCUT2D eigenvalue weighted by Crippen LogP contribution is -2.64. The Bertz CT molecular complexity index is 408. The maximum atomic E-state index is 12.9. The predicted molar refractivity (Wildman–Crippen MR) is 68.9 cm³/mol. The summed E-state index contributed by atoms with van der Waals surface area (Å²) in [5.41, 5.74) is -3.30. The third kappa shape index (κ3) is 3.78. The van der Waals surface area contributed by atoms with Gasteiger partial charge in [-0.3, -0.25) is 0 Å². The molecule has 1 aliphatic rings. The fourth-order valence-electron chi connectivity index (χ4n) is 2.10. The van der Waals surface area contributed by atoms with Crippen LogP contribution in [0.1, 0.15) is 19.8 Å². The van der Waals surface area contributed by atoms with Gasteiger partial charge >= 0.3 is 18.2 Å². The molecule has 1 saturated heterocycles. The van der Waals surface area contributed by atoms with E-state index in [-0.39, 0.29) is 6.04 Å². The van der Waals surface area contributed by atoms with Crippen molar-refractivity contribution in [3.63, 3.8) is 0 Å². The van der Waals surface area contributed by atoms with Gasteiger partial charge in [-0.15, -0.1) is 0 Å². The van der Waals surface area contributed by atoms with Gasteiger partial charge in [0, 0.05) is 13.1 Å². The topological polar surface area (TPSA) is 72.9 Å². The quantitative estimate of drug-likeness (QED) is 0.819. The van der Waals surface area contributed by atoms with Gasteiger partial charge in [-0.2, -0.15) is 13.2 Å². The number of amides is 2. The van der Waals surface area contributed by atoms with Gasteiger partial charge in [0.05, 0.1) is 0 Å². The van der Waals surface area contributed by atoms with E-state index in [9.17, 15) is 22.8 Å². The Balaban J connectivity index is 2.76. The molecule has 0 saturated carbocycles. The molecule has 0 aromatic carbocycles. The Morgan fingerprint density at radius 3 is 2.14 bits per heavy atom. The number of rotatable bonds is 3. The van der Waals surface area contributed by atoms with Crippen molar-refractivity contribution >= 4 is 12.0 Å². The van der Waals surface area contributed by atoms with Crippen molar-refractivity contribution < 1.29 is 27.9 Å². The molecule has 1 rings (SSSR count). The first kappa shape index (κ1) is 17.5. The molecular weight excluding hydrogens is 291 g/mol. The summed E-state index contributed by atoms with van der Waals surface area (Å²) in [4.78, 5) is 26.0. The van der Waals surface area contributed by atoms with Crippen LogP contribution in [0.2, 0.25) is 0 Å². The molecule has 0 radical (unpaired) electrons. The molecule has 1 unspecified atom stereocenters. The molecule has 1 aliphatic heterocycles. The Kier molecular flexibility index (Phi) is 5.08. The molecule has 1 atom stereocenters. The highest BCUT2D eigenvalue weighted by Crippen LogP contribution is 2.30. The number of carbonyl (C=O) groups excluding carboxylic acids is 1. The number of carboxylic acid groups (broad SMARTS) is 1. The molecule has 1 heterocycles. The maximum absolute atomic E-state index is 12.9. The molecule has 1 fully saturated rings. The molecule has 0 aromatic heterocycles. The smallest absolute Gasteiger partial charge is 0.422 e. The highest BCUT2D eigenvalue weighted by atomic mass is 19.4. The molecule has 0 aromatic rings. The van der Waals surface area contributed by atoms with Gasteiger partial charge < -0.3 is 20.2 Å². The van der Waals surface area contributed by atoms with Crippen LogP contribution in [0.4, 0.5) is 18.0 Å². The molecule has 2 amide bonds. The number of hydrogen-bond acceptors (Lipinski definition) is 3. The van der Waals surface area contributed by atoms with Gasteiger partial charge in [-0.25, -0.2) is 9.59 Å². The van der Waals surface area contributed by atoms with Gasteiger partial charge in [0.15, 0.2) is 0 Å². The second-order valence-electron chi connectivity index (χ2n) is 5.50. The average Bonchev–Trinajstić information content (AvgIpc) is 2.37. The van der Waals surface area contributed by atoms with E-state index < -0.39 is 23.7 Å². The van der Waals surface area contributed by atoms with E-state index in [4.69, 9.17) is 5.11 Å². The molecule has 9 heteroatoms. The summed E-state index contributed by atoms with van der Waals surface area (Å²) in [6.45, 7) is 1.91. The van der Waals surface area contributed by atoms with Crippen LogP contribution in [0.3, 0.4) is 0 Å². The molecule has 6 nitrogen and oxygen atoms in total. The van der Waals surface area contributed by atoms with E-state index in [1.165, 1.54) is 7.05 Å². The standard InChI is InChI=1S/C12H20F3N3O3/c1-11(9(19)20,12(13,14)15)16-10(21)18(3)8-4-6-17(2)7-5-8/h8H,4-7H2,1-3H3,(H,16,21)(H,19,20). The zero-order valence-electron chi connectivity index (χ0n) is 12.2. The Hall–Kier alpha value is -1.51. The molecule has 2 N–H and O–H groups in total. The highest BCUT2D eigenvalue weighted by Gasteiger charge is 2.58. The fourth-order valence-corrected chi connectivity index (χ4v) is 2.10. The molecular formula is C12H20F3N3O3. The van der Waals surface area contributed by atoms with Crippen LogP contribution in [0.25, 0.3) is 0 Å². The summed E-state index contributed by atoms with van der Waals surface area (Å²) < 4.78 is 38.6. The van der Waals surface area contributed by atoms with E-state index in [2.05, 4.69) is 4.90 Å². The highest BCUT2D eigenvalue weighted by molar-refractivity contribution is 5.86. The number of urea groups is 1. The Morgan fingerprint density at radius 1 is 1.29 bits per heavy atom. The number of nitrogens with one attached hydrogen (secondary N) is 1.